The number of carbonyl (C=O) groups is 4. The van der Waals surface area contributed by atoms with Crippen molar-refractivity contribution >= 4 is 46.5 Å². The number of nitrogens with zero attached hydrogens (tertiary/aromatic N) is 1. The average molecular weight is 427 g/mol. The first kappa shape index (κ1) is 21.3. The summed E-state index contributed by atoms with van der Waals surface area (Å²) in [6.45, 7) is 1.45. The fraction of sp³-hybridized carbons (Fsp3) is 0.143. The van der Waals surface area contributed by atoms with E-state index in [4.69, 9.17) is 0 Å². The average Bonchev–Trinajstić information content (AvgIpc) is 2.97. The Kier molecular flexibility index (Phi) is 6.63. The molecule has 0 aliphatic carbocycles. The molecular formula is C21H18FN3O4S. The van der Waals surface area contributed by atoms with E-state index >= 15 is 0 Å². The maximum atomic E-state index is 13.8. The molecule has 1 heterocycles. The zero-order valence-corrected chi connectivity index (χ0v) is 16.8. The third kappa shape index (κ3) is 5.12. The Morgan fingerprint density at radius 1 is 1.10 bits per heavy atom. The number of nitrogens with one attached hydrogen (secondary N) is 2. The molecule has 1 aliphatic rings. The molecule has 0 unspecified atom stereocenters. The number of anilines is 1. The number of thioether (sulfide) groups is 1. The summed E-state index contributed by atoms with van der Waals surface area (Å²) in [6, 6.07) is 12.3. The van der Waals surface area contributed by atoms with Gasteiger partial charge in [-0.2, -0.15) is 0 Å². The standard InChI is InChI=1S/C21H18FN3O4S/c1-13(26)24-16-8-6-14(7-9-16)19(27)23-10-11-25-20(28)18(30-21(25)29)12-15-4-2-3-5-17(15)22/h2-9,12H,10-11H2,1H3,(H,23,27)(H,24,26). The van der Waals surface area contributed by atoms with Crippen LogP contribution in [0.4, 0.5) is 14.9 Å². The lowest BCUT2D eigenvalue weighted by atomic mass is 10.2. The second kappa shape index (κ2) is 9.36. The van der Waals surface area contributed by atoms with Gasteiger partial charge < -0.3 is 10.6 Å². The number of imide groups is 1. The SMILES string of the molecule is CC(=O)Nc1ccc(C(=O)NCCN2C(=O)SC(=Cc3ccccc3F)C2=O)cc1. The number of hydrogen-bond donors (Lipinski definition) is 2. The summed E-state index contributed by atoms with van der Waals surface area (Å²) in [5.74, 6) is -1.60. The van der Waals surface area contributed by atoms with Crippen LogP contribution in [-0.4, -0.2) is 41.0 Å². The van der Waals surface area contributed by atoms with E-state index in [0.717, 1.165) is 16.7 Å². The number of halogens is 1. The van der Waals surface area contributed by atoms with Gasteiger partial charge in [-0.1, -0.05) is 18.2 Å². The van der Waals surface area contributed by atoms with Gasteiger partial charge in [0.2, 0.25) is 5.91 Å². The molecule has 1 saturated heterocycles. The Hall–Kier alpha value is -3.46. The number of carbonyl (C=O) groups excluding carboxylic acids is 4. The first-order chi connectivity index (χ1) is 14.3. The third-order valence-corrected chi connectivity index (χ3v) is 5.06. The predicted octanol–water partition coefficient (Wildman–Crippen LogP) is 3.25. The first-order valence-corrected chi connectivity index (χ1v) is 9.82. The highest BCUT2D eigenvalue weighted by atomic mass is 32.2. The van der Waals surface area contributed by atoms with Crippen LogP contribution in [0.15, 0.2) is 53.4 Å². The minimum atomic E-state index is -0.526. The normalized spacial score (nSPS) is 14.9. The van der Waals surface area contributed by atoms with Crippen LogP contribution in [0.2, 0.25) is 0 Å². The smallest absolute Gasteiger partial charge is 0.293 e. The van der Waals surface area contributed by atoms with Gasteiger partial charge in [-0.3, -0.25) is 24.1 Å². The van der Waals surface area contributed by atoms with Crippen molar-refractivity contribution in [3.8, 4) is 0 Å². The van der Waals surface area contributed by atoms with Gasteiger partial charge in [-0.15, -0.1) is 0 Å². The molecule has 7 nitrogen and oxygen atoms in total. The second-order valence-electron chi connectivity index (χ2n) is 6.37. The summed E-state index contributed by atoms with van der Waals surface area (Å²) >= 11 is 0.732. The topological polar surface area (TPSA) is 95.6 Å². The van der Waals surface area contributed by atoms with Crippen molar-refractivity contribution in [1.29, 1.82) is 0 Å². The molecular weight excluding hydrogens is 409 g/mol. The summed E-state index contributed by atoms with van der Waals surface area (Å²) in [5.41, 5.74) is 1.16. The van der Waals surface area contributed by atoms with Crippen LogP contribution in [0.25, 0.3) is 6.08 Å². The summed E-state index contributed by atoms with van der Waals surface area (Å²) in [7, 11) is 0. The zero-order chi connectivity index (χ0) is 21.7. The minimum absolute atomic E-state index is 0.00497. The highest BCUT2D eigenvalue weighted by molar-refractivity contribution is 8.18. The van der Waals surface area contributed by atoms with Gasteiger partial charge in [0.1, 0.15) is 5.82 Å². The fourth-order valence-electron chi connectivity index (χ4n) is 2.72. The van der Waals surface area contributed by atoms with Crippen molar-refractivity contribution in [3.63, 3.8) is 0 Å². The highest BCUT2D eigenvalue weighted by Crippen LogP contribution is 2.32. The van der Waals surface area contributed by atoms with E-state index in [1.54, 1.807) is 30.3 Å². The Bertz CT molecular complexity index is 1040. The van der Waals surface area contributed by atoms with E-state index in [0.29, 0.717) is 11.3 Å². The van der Waals surface area contributed by atoms with Crippen molar-refractivity contribution in [2.24, 2.45) is 0 Å². The largest absolute Gasteiger partial charge is 0.350 e. The molecule has 3 rings (SSSR count). The van der Waals surface area contributed by atoms with Crippen molar-refractivity contribution < 1.29 is 23.6 Å². The maximum absolute atomic E-state index is 13.8. The summed E-state index contributed by atoms with van der Waals surface area (Å²) < 4.78 is 13.8. The Morgan fingerprint density at radius 2 is 1.80 bits per heavy atom. The molecule has 0 aromatic heterocycles. The van der Waals surface area contributed by atoms with E-state index in [1.165, 1.54) is 31.2 Å². The molecule has 9 heteroatoms. The molecule has 0 atom stereocenters. The number of amides is 4. The Labute approximate surface area is 176 Å². The highest BCUT2D eigenvalue weighted by Gasteiger charge is 2.34. The molecule has 1 aliphatic heterocycles. The van der Waals surface area contributed by atoms with Gasteiger partial charge in [0, 0.05) is 36.8 Å². The van der Waals surface area contributed by atoms with Crippen molar-refractivity contribution in [1.82, 2.24) is 10.2 Å². The van der Waals surface area contributed by atoms with Crippen LogP contribution in [0, 0.1) is 5.82 Å². The van der Waals surface area contributed by atoms with Crippen molar-refractivity contribution in [2.75, 3.05) is 18.4 Å². The van der Waals surface area contributed by atoms with Gasteiger partial charge in [0.15, 0.2) is 0 Å². The van der Waals surface area contributed by atoms with Crippen LogP contribution in [-0.2, 0) is 9.59 Å². The Morgan fingerprint density at radius 3 is 2.47 bits per heavy atom. The molecule has 2 aromatic rings. The van der Waals surface area contributed by atoms with Gasteiger partial charge in [0.05, 0.1) is 4.91 Å². The molecule has 154 valence electrons. The lowest BCUT2D eigenvalue weighted by molar-refractivity contribution is -0.122. The lowest BCUT2D eigenvalue weighted by Crippen LogP contribution is -2.37. The van der Waals surface area contributed by atoms with Gasteiger partial charge in [-0.25, -0.2) is 4.39 Å². The summed E-state index contributed by atoms with van der Waals surface area (Å²) in [6.07, 6.45) is 1.34. The summed E-state index contributed by atoms with van der Waals surface area (Å²) in [5, 5.41) is 4.77. The predicted molar refractivity (Wildman–Crippen MR) is 112 cm³/mol. The second-order valence-corrected chi connectivity index (χ2v) is 7.36. The fourth-order valence-corrected chi connectivity index (χ4v) is 3.57. The number of benzene rings is 2. The molecule has 1 fully saturated rings. The van der Waals surface area contributed by atoms with Crippen molar-refractivity contribution in [2.45, 2.75) is 6.92 Å². The van der Waals surface area contributed by atoms with Crippen LogP contribution in [0.3, 0.4) is 0 Å². The maximum Gasteiger partial charge on any atom is 0.293 e. The molecule has 0 saturated carbocycles. The monoisotopic (exact) mass is 427 g/mol. The van der Waals surface area contributed by atoms with Gasteiger partial charge >= 0.3 is 0 Å². The molecule has 2 N–H and O–H groups in total. The van der Waals surface area contributed by atoms with E-state index in [9.17, 15) is 23.6 Å². The molecule has 0 radical (unpaired) electrons. The van der Waals surface area contributed by atoms with Gasteiger partial charge in [-0.05, 0) is 48.2 Å². The van der Waals surface area contributed by atoms with E-state index in [2.05, 4.69) is 10.6 Å². The number of rotatable bonds is 6. The first-order valence-electron chi connectivity index (χ1n) is 9.01. The zero-order valence-electron chi connectivity index (χ0n) is 16.0. The molecule has 2 aromatic carbocycles. The van der Waals surface area contributed by atoms with E-state index in [-0.39, 0.29) is 35.4 Å². The molecule has 0 spiro atoms. The minimum Gasteiger partial charge on any atom is -0.350 e. The quantitative estimate of drug-likeness (QED) is 0.690. The van der Waals surface area contributed by atoms with Crippen LogP contribution in [0.5, 0.6) is 0 Å². The van der Waals surface area contributed by atoms with Crippen molar-refractivity contribution in [3.05, 3.63) is 70.4 Å². The third-order valence-electron chi connectivity index (χ3n) is 4.15. The van der Waals surface area contributed by atoms with E-state index < -0.39 is 17.0 Å². The van der Waals surface area contributed by atoms with Crippen LogP contribution in [0.1, 0.15) is 22.8 Å². The van der Waals surface area contributed by atoms with Crippen LogP contribution >= 0.6 is 11.8 Å². The molecule has 0 bridgehead atoms. The van der Waals surface area contributed by atoms with Gasteiger partial charge in [0.25, 0.3) is 17.1 Å². The molecule has 4 amide bonds. The van der Waals surface area contributed by atoms with Crippen LogP contribution < -0.4 is 10.6 Å². The Balaban J connectivity index is 1.56. The molecule has 30 heavy (non-hydrogen) atoms. The lowest BCUT2D eigenvalue weighted by Gasteiger charge is -2.13. The number of hydrogen-bond acceptors (Lipinski definition) is 5. The van der Waals surface area contributed by atoms with E-state index in [1.807, 2.05) is 0 Å². The summed E-state index contributed by atoms with van der Waals surface area (Å²) in [4.78, 5) is 49.0.